The lowest BCUT2D eigenvalue weighted by Crippen LogP contribution is -2.51. The van der Waals surface area contributed by atoms with Gasteiger partial charge in [0.05, 0.1) is 11.2 Å². The maximum absolute atomic E-state index is 16.8. The minimum Gasteiger partial charge on any atom is -0.461 e. The van der Waals surface area contributed by atoms with Gasteiger partial charge in [0.25, 0.3) is 0 Å². The Balaban J connectivity index is 1.22. The van der Waals surface area contributed by atoms with Gasteiger partial charge in [0, 0.05) is 42.8 Å². The molecule has 1 N–H and O–H groups in total. The highest BCUT2D eigenvalue weighted by Crippen LogP contribution is 2.42. The number of benzene rings is 2. The number of aryl methyl sites for hydroxylation is 2. The number of rotatable bonds is 6. The molecule has 5 aliphatic heterocycles. The van der Waals surface area contributed by atoms with Crippen LogP contribution in [0, 0.1) is 5.82 Å². The third-order valence-corrected chi connectivity index (χ3v) is 10.5. The standard InChI is InChI=1S/C33H41FN6O/c1-2-22-7-3-8-23-9-4-18-40(30(22)23)27-13-12-26-29(28(27)34)36-32(41-21-33-14-5-16-39(33)17-6-15-33)37-31(26)38-19-24-10-11-25(20-38)35-24/h3,7-8,12-13,24-25,35H,2,4-6,9-11,14-21H2,1H3. The van der Waals surface area contributed by atoms with Gasteiger partial charge in [-0.15, -0.1) is 0 Å². The molecule has 2 atom stereocenters. The highest BCUT2D eigenvalue weighted by atomic mass is 19.1. The summed E-state index contributed by atoms with van der Waals surface area (Å²) < 4.78 is 23.3. The van der Waals surface area contributed by atoms with E-state index in [9.17, 15) is 0 Å². The van der Waals surface area contributed by atoms with Gasteiger partial charge in [-0.1, -0.05) is 25.1 Å². The molecule has 3 aromatic rings. The molecule has 8 heteroatoms. The van der Waals surface area contributed by atoms with Crippen molar-refractivity contribution in [3.8, 4) is 6.01 Å². The zero-order valence-corrected chi connectivity index (χ0v) is 24.2. The molecule has 6 heterocycles. The van der Waals surface area contributed by atoms with E-state index in [-0.39, 0.29) is 11.4 Å². The molecule has 4 fully saturated rings. The predicted octanol–water partition coefficient (Wildman–Crippen LogP) is 5.36. The van der Waals surface area contributed by atoms with Crippen LogP contribution in [0.3, 0.4) is 0 Å². The molecular formula is C33H41FN6O. The van der Waals surface area contributed by atoms with Gasteiger partial charge in [-0.2, -0.15) is 9.97 Å². The van der Waals surface area contributed by atoms with E-state index in [2.05, 4.69) is 45.1 Å². The lowest BCUT2D eigenvalue weighted by Gasteiger charge is -2.35. The Labute approximate surface area is 242 Å². The van der Waals surface area contributed by atoms with Gasteiger partial charge in [-0.05, 0) is 94.1 Å². The second kappa shape index (κ2) is 10.1. The van der Waals surface area contributed by atoms with Crippen LogP contribution in [-0.4, -0.2) is 71.8 Å². The summed E-state index contributed by atoms with van der Waals surface area (Å²) in [5.74, 6) is 0.545. The summed E-state index contributed by atoms with van der Waals surface area (Å²) >= 11 is 0. The van der Waals surface area contributed by atoms with E-state index in [4.69, 9.17) is 14.7 Å². The Morgan fingerprint density at radius 1 is 1.00 bits per heavy atom. The van der Waals surface area contributed by atoms with Crippen molar-refractivity contribution in [1.29, 1.82) is 0 Å². The fourth-order valence-corrected chi connectivity index (χ4v) is 8.52. The number of hydrogen-bond donors (Lipinski definition) is 1. The lowest BCUT2D eigenvalue weighted by molar-refractivity contribution is 0.108. The van der Waals surface area contributed by atoms with Crippen LogP contribution in [0.1, 0.15) is 63.0 Å². The van der Waals surface area contributed by atoms with Crippen molar-refractivity contribution >= 4 is 28.1 Å². The van der Waals surface area contributed by atoms with E-state index < -0.39 is 0 Å². The van der Waals surface area contributed by atoms with Crippen molar-refractivity contribution in [2.45, 2.75) is 82.3 Å². The molecule has 41 heavy (non-hydrogen) atoms. The van der Waals surface area contributed by atoms with Crippen LogP contribution in [-0.2, 0) is 12.8 Å². The lowest BCUT2D eigenvalue weighted by atomic mass is 9.95. The molecule has 2 unspecified atom stereocenters. The Morgan fingerprint density at radius 3 is 2.59 bits per heavy atom. The highest BCUT2D eigenvalue weighted by molar-refractivity contribution is 5.93. The van der Waals surface area contributed by atoms with Gasteiger partial charge in [0.2, 0.25) is 0 Å². The zero-order valence-electron chi connectivity index (χ0n) is 24.2. The number of piperazine rings is 1. The van der Waals surface area contributed by atoms with Crippen LogP contribution >= 0.6 is 0 Å². The molecule has 2 bridgehead atoms. The molecule has 216 valence electrons. The molecule has 0 spiro atoms. The fourth-order valence-electron chi connectivity index (χ4n) is 8.52. The molecule has 0 radical (unpaired) electrons. The largest absolute Gasteiger partial charge is 0.461 e. The summed E-state index contributed by atoms with van der Waals surface area (Å²) in [5.41, 5.74) is 4.80. The van der Waals surface area contributed by atoms with Crippen molar-refractivity contribution < 1.29 is 9.13 Å². The van der Waals surface area contributed by atoms with Crippen molar-refractivity contribution in [1.82, 2.24) is 20.2 Å². The van der Waals surface area contributed by atoms with Gasteiger partial charge in [0.15, 0.2) is 5.82 Å². The number of halogens is 1. The number of nitrogens with one attached hydrogen (secondary N) is 1. The van der Waals surface area contributed by atoms with E-state index in [1.54, 1.807) is 0 Å². The van der Waals surface area contributed by atoms with Crippen LogP contribution < -0.4 is 19.9 Å². The molecule has 4 saturated heterocycles. The van der Waals surface area contributed by atoms with Gasteiger partial charge >= 0.3 is 6.01 Å². The molecule has 0 aliphatic carbocycles. The van der Waals surface area contributed by atoms with Gasteiger partial charge < -0.3 is 19.9 Å². The Kier molecular flexibility index (Phi) is 6.33. The highest BCUT2D eigenvalue weighted by Gasteiger charge is 2.45. The fraction of sp³-hybridized carbons (Fsp3) is 0.576. The van der Waals surface area contributed by atoms with E-state index >= 15 is 4.39 Å². The van der Waals surface area contributed by atoms with E-state index in [1.807, 2.05) is 12.1 Å². The number of para-hydroxylation sites is 1. The Morgan fingerprint density at radius 2 is 1.80 bits per heavy atom. The monoisotopic (exact) mass is 556 g/mol. The second-order valence-electron chi connectivity index (χ2n) is 12.9. The van der Waals surface area contributed by atoms with Gasteiger partial charge in [0.1, 0.15) is 17.9 Å². The minimum atomic E-state index is -0.269. The summed E-state index contributed by atoms with van der Waals surface area (Å²) in [6, 6.07) is 11.7. The van der Waals surface area contributed by atoms with Crippen LogP contribution in [0.15, 0.2) is 30.3 Å². The average Bonchev–Trinajstić information content (AvgIpc) is 3.69. The first-order valence-corrected chi connectivity index (χ1v) is 15.9. The topological polar surface area (TPSA) is 56.8 Å². The predicted molar refractivity (Wildman–Crippen MR) is 161 cm³/mol. The summed E-state index contributed by atoms with van der Waals surface area (Å²) in [4.78, 5) is 16.9. The maximum atomic E-state index is 16.8. The number of fused-ring (bicyclic) bond motifs is 5. The summed E-state index contributed by atoms with van der Waals surface area (Å²) in [6.45, 7) is 7.60. The first-order chi connectivity index (χ1) is 20.1. The SMILES string of the molecule is CCc1cccc2c1N(c1ccc3c(N4CC5CCC(C4)N5)nc(OCC45CCCN4CCC5)nc3c1F)CCC2. The van der Waals surface area contributed by atoms with Crippen LogP contribution in [0.25, 0.3) is 10.9 Å². The van der Waals surface area contributed by atoms with Crippen molar-refractivity contribution in [3.05, 3.63) is 47.3 Å². The van der Waals surface area contributed by atoms with Crippen molar-refractivity contribution in [2.24, 2.45) is 0 Å². The first-order valence-electron chi connectivity index (χ1n) is 15.9. The molecule has 7 nitrogen and oxygen atoms in total. The molecule has 0 amide bonds. The quantitative estimate of drug-likeness (QED) is 0.439. The minimum absolute atomic E-state index is 0.0844. The first kappa shape index (κ1) is 25.7. The van der Waals surface area contributed by atoms with Gasteiger partial charge in [-0.3, -0.25) is 4.90 Å². The van der Waals surface area contributed by atoms with Crippen molar-refractivity contribution in [3.63, 3.8) is 0 Å². The van der Waals surface area contributed by atoms with Crippen LogP contribution in [0.5, 0.6) is 6.01 Å². The number of anilines is 3. The smallest absolute Gasteiger partial charge is 0.319 e. The third-order valence-electron chi connectivity index (χ3n) is 10.5. The molecule has 0 saturated carbocycles. The summed E-state index contributed by atoms with van der Waals surface area (Å²) in [6.07, 6.45) is 10.0. The second-order valence-corrected chi connectivity index (χ2v) is 12.9. The average molecular weight is 557 g/mol. The van der Waals surface area contributed by atoms with Crippen LogP contribution in [0.4, 0.5) is 21.6 Å². The number of ether oxygens (including phenoxy) is 1. The molecule has 8 rings (SSSR count). The summed E-state index contributed by atoms with van der Waals surface area (Å²) in [7, 11) is 0. The van der Waals surface area contributed by atoms with E-state index in [1.165, 1.54) is 42.5 Å². The summed E-state index contributed by atoms with van der Waals surface area (Å²) in [5, 5.41) is 4.50. The molecule has 5 aliphatic rings. The van der Waals surface area contributed by atoms with E-state index in [0.29, 0.717) is 35.9 Å². The number of nitrogens with zero attached hydrogens (tertiary/aromatic N) is 5. The number of hydrogen-bond acceptors (Lipinski definition) is 7. The zero-order chi connectivity index (χ0) is 27.6. The van der Waals surface area contributed by atoms with Crippen LogP contribution in [0.2, 0.25) is 0 Å². The normalized spacial score (nSPS) is 25.1. The number of aromatic nitrogens is 2. The maximum Gasteiger partial charge on any atom is 0.319 e. The Bertz CT molecular complexity index is 1440. The van der Waals surface area contributed by atoms with Gasteiger partial charge in [-0.25, -0.2) is 4.39 Å². The molecule has 2 aromatic carbocycles. The van der Waals surface area contributed by atoms with Crippen molar-refractivity contribution in [2.75, 3.05) is 49.1 Å². The van der Waals surface area contributed by atoms with E-state index in [0.717, 1.165) is 76.0 Å². The Hall–Kier alpha value is -2.97. The molecule has 1 aromatic heterocycles. The molecular weight excluding hydrogens is 515 g/mol. The third kappa shape index (κ3) is 4.28.